The van der Waals surface area contributed by atoms with E-state index in [1.54, 1.807) is 0 Å². The number of unbranched alkanes of at least 4 members (excludes halogenated alkanes) is 2. The summed E-state index contributed by atoms with van der Waals surface area (Å²) in [6.45, 7) is 5.33. The van der Waals surface area contributed by atoms with E-state index in [-0.39, 0.29) is 0 Å². The highest BCUT2D eigenvalue weighted by Crippen LogP contribution is 2.19. The lowest BCUT2D eigenvalue weighted by Crippen LogP contribution is -2.23. The molecule has 0 aliphatic heterocycles. The predicted octanol–water partition coefficient (Wildman–Crippen LogP) is 3.51. The van der Waals surface area contributed by atoms with Gasteiger partial charge in [-0.2, -0.15) is 0 Å². The summed E-state index contributed by atoms with van der Waals surface area (Å²) in [5, 5.41) is 3.45. The fourth-order valence-corrected chi connectivity index (χ4v) is 2.33. The van der Waals surface area contributed by atoms with Crippen LogP contribution in [0.2, 0.25) is 0 Å². The summed E-state index contributed by atoms with van der Waals surface area (Å²) in [7, 11) is 0. The Kier molecular flexibility index (Phi) is 8.83. The zero-order valence-corrected chi connectivity index (χ0v) is 11.0. The van der Waals surface area contributed by atoms with Crippen LogP contribution in [-0.2, 0) is 4.74 Å². The Labute approximate surface area is 101 Å². The average Bonchev–Trinajstić information content (AvgIpc) is 2.56. The summed E-state index contributed by atoms with van der Waals surface area (Å²) >= 11 is 0. The molecule has 1 saturated carbocycles. The van der Waals surface area contributed by atoms with Crippen LogP contribution in [0.3, 0.4) is 0 Å². The average molecular weight is 227 g/mol. The first-order valence-corrected chi connectivity index (χ1v) is 7.26. The number of nitrogens with one attached hydrogen (secondary N) is 1. The van der Waals surface area contributed by atoms with Crippen molar-refractivity contribution in [1.82, 2.24) is 5.32 Å². The number of hydrogen-bond acceptors (Lipinski definition) is 2. The molecule has 0 bridgehead atoms. The molecule has 1 aliphatic rings. The van der Waals surface area contributed by atoms with Gasteiger partial charge in [0, 0.05) is 6.54 Å². The Morgan fingerprint density at radius 3 is 2.44 bits per heavy atom. The third-order valence-corrected chi connectivity index (χ3v) is 3.39. The molecule has 96 valence electrons. The van der Waals surface area contributed by atoms with Gasteiger partial charge in [0.1, 0.15) is 0 Å². The van der Waals surface area contributed by atoms with Gasteiger partial charge in [0.2, 0.25) is 0 Å². The first kappa shape index (κ1) is 14.0. The normalized spacial score (nSPS) is 18.6. The maximum atomic E-state index is 5.91. The quantitative estimate of drug-likeness (QED) is 0.506. The molecule has 2 nitrogen and oxygen atoms in total. The second kappa shape index (κ2) is 10.1. The molecule has 1 fully saturated rings. The zero-order valence-electron chi connectivity index (χ0n) is 11.0. The monoisotopic (exact) mass is 227 g/mol. The number of ether oxygens (including phenoxy) is 1. The lowest BCUT2D eigenvalue weighted by Gasteiger charge is -2.15. The first-order valence-electron chi connectivity index (χ1n) is 7.26. The standard InChI is InChI=1S/C14H29NO/c1-2-3-8-11-15-12-13-16-14-9-6-4-5-7-10-14/h14-15H,2-13H2,1H3. The van der Waals surface area contributed by atoms with E-state index in [9.17, 15) is 0 Å². The zero-order chi connectivity index (χ0) is 11.5. The Balaban J connectivity index is 1.86. The van der Waals surface area contributed by atoms with E-state index in [0.29, 0.717) is 6.10 Å². The van der Waals surface area contributed by atoms with Gasteiger partial charge in [-0.1, -0.05) is 45.4 Å². The molecule has 16 heavy (non-hydrogen) atoms. The third-order valence-electron chi connectivity index (χ3n) is 3.39. The summed E-state index contributed by atoms with van der Waals surface area (Å²) in [4.78, 5) is 0. The van der Waals surface area contributed by atoms with Gasteiger partial charge in [0.15, 0.2) is 0 Å². The molecule has 0 radical (unpaired) electrons. The second-order valence-electron chi connectivity index (χ2n) is 4.94. The topological polar surface area (TPSA) is 21.3 Å². The molecule has 0 spiro atoms. The van der Waals surface area contributed by atoms with Gasteiger partial charge in [-0.15, -0.1) is 0 Å². The van der Waals surface area contributed by atoms with E-state index in [1.807, 2.05) is 0 Å². The van der Waals surface area contributed by atoms with E-state index < -0.39 is 0 Å². The summed E-state index contributed by atoms with van der Waals surface area (Å²) in [6, 6.07) is 0. The van der Waals surface area contributed by atoms with Crippen molar-refractivity contribution in [3.05, 3.63) is 0 Å². The van der Waals surface area contributed by atoms with Crippen molar-refractivity contribution in [3.63, 3.8) is 0 Å². The summed E-state index contributed by atoms with van der Waals surface area (Å²) in [6.07, 6.45) is 12.6. The van der Waals surface area contributed by atoms with Gasteiger partial charge < -0.3 is 10.1 Å². The fraction of sp³-hybridized carbons (Fsp3) is 1.00. The highest BCUT2D eigenvalue weighted by atomic mass is 16.5. The summed E-state index contributed by atoms with van der Waals surface area (Å²) < 4.78 is 5.91. The van der Waals surface area contributed by atoms with Crippen molar-refractivity contribution in [2.75, 3.05) is 19.7 Å². The Morgan fingerprint density at radius 2 is 1.75 bits per heavy atom. The van der Waals surface area contributed by atoms with Gasteiger partial charge in [0.25, 0.3) is 0 Å². The van der Waals surface area contributed by atoms with Crippen molar-refractivity contribution in [3.8, 4) is 0 Å². The van der Waals surface area contributed by atoms with Crippen LogP contribution in [0.25, 0.3) is 0 Å². The van der Waals surface area contributed by atoms with E-state index in [2.05, 4.69) is 12.2 Å². The molecule has 0 amide bonds. The molecule has 0 saturated heterocycles. The van der Waals surface area contributed by atoms with Crippen molar-refractivity contribution < 1.29 is 4.74 Å². The molecule has 0 aromatic heterocycles. The second-order valence-corrected chi connectivity index (χ2v) is 4.94. The first-order chi connectivity index (χ1) is 7.93. The van der Waals surface area contributed by atoms with Gasteiger partial charge in [-0.3, -0.25) is 0 Å². The highest BCUT2D eigenvalue weighted by Gasteiger charge is 2.11. The smallest absolute Gasteiger partial charge is 0.0594 e. The van der Waals surface area contributed by atoms with Crippen LogP contribution >= 0.6 is 0 Å². The maximum absolute atomic E-state index is 5.91. The Bertz CT molecular complexity index is 142. The van der Waals surface area contributed by atoms with E-state index in [0.717, 1.165) is 19.7 Å². The van der Waals surface area contributed by atoms with Crippen LogP contribution in [0, 0.1) is 0 Å². The molecule has 0 aromatic carbocycles. The molecule has 1 N–H and O–H groups in total. The number of hydrogen-bond donors (Lipinski definition) is 1. The van der Waals surface area contributed by atoms with Crippen LogP contribution in [0.1, 0.15) is 64.7 Å². The van der Waals surface area contributed by atoms with Crippen LogP contribution < -0.4 is 5.32 Å². The van der Waals surface area contributed by atoms with Crippen LogP contribution in [-0.4, -0.2) is 25.8 Å². The van der Waals surface area contributed by atoms with Crippen LogP contribution in [0.15, 0.2) is 0 Å². The maximum Gasteiger partial charge on any atom is 0.0594 e. The molecule has 0 aromatic rings. The molecular weight excluding hydrogens is 198 g/mol. The largest absolute Gasteiger partial charge is 0.377 e. The lowest BCUT2D eigenvalue weighted by atomic mass is 10.1. The van der Waals surface area contributed by atoms with Crippen LogP contribution in [0.5, 0.6) is 0 Å². The van der Waals surface area contributed by atoms with Gasteiger partial charge >= 0.3 is 0 Å². The van der Waals surface area contributed by atoms with Gasteiger partial charge in [-0.25, -0.2) is 0 Å². The molecule has 1 rings (SSSR count). The van der Waals surface area contributed by atoms with Crippen molar-refractivity contribution in [2.24, 2.45) is 0 Å². The van der Waals surface area contributed by atoms with Gasteiger partial charge in [0.05, 0.1) is 12.7 Å². The minimum absolute atomic E-state index is 0.556. The molecule has 0 unspecified atom stereocenters. The Morgan fingerprint density at radius 1 is 1.00 bits per heavy atom. The van der Waals surface area contributed by atoms with E-state index >= 15 is 0 Å². The Hall–Kier alpha value is -0.0800. The van der Waals surface area contributed by atoms with Crippen molar-refractivity contribution in [2.45, 2.75) is 70.8 Å². The summed E-state index contributed by atoms with van der Waals surface area (Å²) in [5.74, 6) is 0. The van der Waals surface area contributed by atoms with Crippen LogP contribution in [0.4, 0.5) is 0 Å². The minimum atomic E-state index is 0.556. The van der Waals surface area contributed by atoms with Crippen molar-refractivity contribution in [1.29, 1.82) is 0 Å². The predicted molar refractivity (Wildman–Crippen MR) is 69.8 cm³/mol. The van der Waals surface area contributed by atoms with E-state index in [4.69, 9.17) is 4.74 Å². The summed E-state index contributed by atoms with van der Waals surface area (Å²) in [5.41, 5.74) is 0. The molecule has 1 aliphatic carbocycles. The highest BCUT2D eigenvalue weighted by molar-refractivity contribution is 4.64. The minimum Gasteiger partial charge on any atom is -0.377 e. The lowest BCUT2D eigenvalue weighted by molar-refractivity contribution is 0.0452. The third kappa shape index (κ3) is 7.24. The molecule has 2 heteroatoms. The SMILES string of the molecule is CCCCCNCCOC1CCCCCC1. The fourth-order valence-electron chi connectivity index (χ4n) is 2.33. The van der Waals surface area contributed by atoms with E-state index in [1.165, 1.54) is 57.8 Å². The molecule has 0 heterocycles. The molecular formula is C14H29NO. The van der Waals surface area contributed by atoms with Crippen molar-refractivity contribution >= 4 is 0 Å². The van der Waals surface area contributed by atoms with Gasteiger partial charge in [-0.05, 0) is 25.8 Å². The molecule has 0 atom stereocenters. The number of rotatable bonds is 8.